The number of carbonyl (C=O) groups is 2. The first-order valence-corrected chi connectivity index (χ1v) is 10.6. The van der Waals surface area contributed by atoms with Gasteiger partial charge < -0.3 is 10.1 Å². The molecule has 8 heteroatoms. The van der Waals surface area contributed by atoms with Gasteiger partial charge in [0.1, 0.15) is 5.00 Å². The lowest BCUT2D eigenvalue weighted by Gasteiger charge is -2.27. The standard InChI is InChI=1S/C22H24N4O3S/c1-14-11-25(2)24-19(14)20(27)23-21-18(22(28)29-3)16-9-10-26(13-17(16)30-21)12-15-7-5-4-6-8-15/h4-8,11H,9-10,12-13H2,1-3H3,(H,23,27). The van der Waals surface area contributed by atoms with E-state index >= 15 is 0 Å². The molecule has 0 aliphatic carbocycles. The zero-order valence-electron chi connectivity index (χ0n) is 17.3. The third kappa shape index (κ3) is 4.01. The molecule has 4 rings (SSSR count). The number of benzene rings is 1. The van der Waals surface area contributed by atoms with Gasteiger partial charge in [-0.15, -0.1) is 11.3 Å². The number of methoxy groups -OCH3 is 1. The van der Waals surface area contributed by atoms with Gasteiger partial charge in [-0.2, -0.15) is 5.10 Å². The van der Waals surface area contributed by atoms with E-state index in [1.165, 1.54) is 24.0 Å². The molecule has 1 aromatic carbocycles. The summed E-state index contributed by atoms with van der Waals surface area (Å²) in [5, 5.41) is 7.66. The Balaban J connectivity index is 1.60. The Kier molecular flexibility index (Phi) is 5.69. The molecule has 1 aliphatic heterocycles. The number of ether oxygens (including phenoxy) is 1. The number of aryl methyl sites for hydroxylation is 2. The smallest absolute Gasteiger partial charge is 0.341 e. The molecule has 1 amide bonds. The molecule has 0 saturated carbocycles. The predicted molar refractivity (Wildman–Crippen MR) is 116 cm³/mol. The number of carbonyl (C=O) groups excluding carboxylic acids is 2. The van der Waals surface area contributed by atoms with Crippen molar-refractivity contribution in [1.29, 1.82) is 0 Å². The van der Waals surface area contributed by atoms with Crippen molar-refractivity contribution in [3.63, 3.8) is 0 Å². The number of esters is 1. The molecule has 0 bridgehead atoms. The average Bonchev–Trinajstić information content (AvgIpc) is 3.26. The van der Waals surface area contributed by atoms with Crippen molar-refractivity contribution in [2.45, 2.75) is 26.4 Å². The molecular weight excluding hydrogens is 400 g/mol. The number of fused-ring (bicyclic) bond motifs is 1. The molecule has 30 heavy (non-hydrogen) atoms. The number of thiophene rings is 1. The molecule has 2 aromatic heterocycles. The maximum Gasteiger partial charge on any atom is 0.341 e. The predicted octanol–water partition coefficient (Wildman–Crippen LogP) is 3.39. The third-order valence-corrected chi connectivity index (χ3v) is 6.36. The Morgan fingerprint density at radius 3 is 2.70 bits per heavy atom. The number of amides is 1. The Morgan fingerprint density at radius 2 is 2.03 bits per heavy atom. The minimum atomic E-state index is -0.419. The number of aromatic nitrogens is 2. The van der Waals surface area contributed by atoms with Crippen LogP contribution in [-0.4, -0.2) is 40.2 Å². The SMILES string of the molecule is COC(=O)c1c(NC(=O)c2nn(C)cc2C)sc2c1CCN(Cc1ccccc1)C2. The van der Waals surface area contributed by atoms with Crippen LogP contribution in [0.2, 0.25) is 0 Å². The molecule has 1 N–H and O–H groups in total. The van der Waals surface area contributed by atoms with Gasteiger partial charge in [0.05, 0.1) is 12.7 Å². The number of rotatable bonds is 5. The Hall–Kier alpha value is -2.97. The van der Waals surface area contributed by atoms with E-state index in [4.69, 9.17) is 4.74 Å². The Morgan fingerprint density at radius 1 is 1.27 bits per heavy atom. The van der Waals surface area contributed by atoms with E-state index in [-0.39, 0.29) is 5.91 Å². The number of anilines is 1. The summed E-state index contributed by atoms with van der Waals surface area (Å²) in [5.74, 6) is -0.741. The fourth-order valence-electron chi connectivity index (χ4n) is 3.83. The van der Waals surface area contributed by atoms with Gasteiger partial charge in [-0.05, 0) is 24.5 Å². The highest BCUT2D eigenvalue weighted by Crippen LogP contribution is 2.38. The average molecular weight is 425 g/mol. The van der Waals surface area contributed by atoms with Crippen molar-refractivity contribution in [1.82, 2.24) is 14.7 Å². The molecule has 1 aliphatic rings. The van der Waals surface area contributed by atoms with Gasteiger partial charge in [-0.3, -0.25) is 14.4 Å². The van der Waals surface area contributed by atoms with Crippen molar-refractivity contribution in [2.75, 3.05) is 19.0 Å². The summed E-state index contributed by atoms with van der Waals surface area (Å²) in [4.78, 5) is 28.8. The summed E-state index contributed by atoms with van der Waals surface area (Å²) in [6.45, 7) is 4.26. The zero-order chi connectivity index (χ0) is 21.3. The lowest BCUT2D eigenvalue weighted by molar-refractivity contribution is 0.0600. The summed E-state index contributed by atoms with van der Waals surface area (Å²) < 4.78 is 6.63. The first kappa shape index (κ1) is 20.3. The maximum absolute atomic E-state index is 12.8. The number of hydrogen-bond donors (Lipinski definition) is 1. The quantitative estimate of drug-likeness (QED) is 0.636. The van der Waals surface area contributed by atoms with Crippen LogP contribution in [0.1, 0.15) is 42.4 Å². The summed E-state index contributed by atoms with van der Waals surface area (Å²) in [7, 11) is 3.14. The molecule has 3 aromatic rings. The molecule has 0 atom stereocenters. The zero-order valence-corrected chi connectivity index (χ0v) is 18.1. The van der Waals surface area contributed by atoms with Crippen molar-refractivity contribution >= 4 is 28.2 Å². The molecule has 3 heterocycles. The van der Waals surface area contributed by atoms with Crippen molar-refractivity contribution < 1.29 is 14.3 Å². The van der Waals surface area contributed by atoms with E-state index in [1.54, 1.807) is 17.9 Å². The summed E-state index contributed by atoms with van der Waals surface area (Å²) in [5.41, 5.74) is 3.84. The topological polar surface area (TPSA) is 76.5 Å². The van der Waals surface area contributed by atoms with Crippen LogP contribution in [0, 0.1) is 6.92 Å². The maximum atomic E-state index is 12.8. The van der Waals surface area contributed by atoms with E-state index in [9.17, 15) is 9.59 Å². The highest BCUT2D eigenvalue weighted by molar-refractivity contribution is 7.17. The molecular formula is C22H24N4O3S. The lowest BCUT2D eigenvalue weighted by atomic mass is 10.0. The van der Waals surface area contributed by atoms with Gasteiger partial charge in [-0.25, -0.2) is 4.79 Å². The number of nitrogens with one attached hydrogen (secondary N) is 1. The third-order valence-electron chi connectivity index (χ3n) is 5.23. The minimum Gasteiger partial charge on any atom is -0.465 e. The van der Waals surface area contributed by atoms with Crippen LogP contribution in [0.4, 0.5) is 5.00 Å². The number of hydrogen-bond acceptors (Lipinski definition) is 6. The fourth-order valence-corrected chi connectivity index (χ4v) is 5.11. The van der Waals surface area contributed by atoms with Gasteiger partial charge in [-0.1, -0.05) is 30.3 Å². The summed E-state index contributed by atoms with van der Waals surface area (Å²) in [6, 6.07) is 10.3. The highest BCUT2D eigenvalue weighted by atomic mass is 32.1. The van der Waals surface area contributed by atoms with Crippen LogP contribution >= 0.6 is 11.3 Å². The van der Waals surface area contributed by atoms with Gasteiger partial charge in [0.25, 0.3) is 5.91 Å². The number of nitrogens with zero attached hydrogens (tertiary/aromatic N) is 3. The largest absolute Gasteiger partial charge is 0.465 e. The van der Waals surface area contributed by atoms with Crippen LogP contribution in [0.15, 0.2) is 36.5 Å². The summed E-state index contributed by atoms with van der Waals surface area (Å²) in [6.07, 6.45) is 2.53. The molecule has 0 spiro atoms. The Bertz CT molecular complexity index is 1090. The second-order valence-electron chi connectivity index (χ2n) is 7.43. The molecule has 0 radical (unpaired) electrons. The van der Waals surface area contributed by atoms with Crippen LogP contribution in [0.25, 0.3) is 0 Å². The first-order valence-electron chi connectivity index (χ1n) is 9.77. The lowest BCUT2D eigenvalue weighted by Crippen LogP contribution is -2.29. The van der Waals surface area contributed by atoms with Gasteiger partial charge in [0.15, 0.2) is 5.69 Å². The monoisotopic (exact) mass is 424 g/mol. The molecule has 0 saturated heterocycles. The second-order valence-corrected chi connectivity index (χ2v) is 8.54. The van der Waals surface area contributed by atoms with E-state index in [1.807, 2.05) is 25.1 Å². The van der Waals surface area contributed by atoms with Gasteiger partial charge >= 0.3 is 5.97 Å². The fraction of sp³-hybridized carbons (Fsp3) is 0.318. The molecule has 156 valence electrons. The van der Waals surface area contributed by atoms with Crippen LogP contribution in [0.3, 0.4) is 0 Å². The van der Waals surface area contributed by atoms with E-state index < -0.39 is 5.97 Å². The van der Waals surface area contributed by atoms with Crippen LogP contribution in [-0.2, 0) is 31.3 Å². The first-order chi connectivity index (χ1) is 14.5. The molecule has 0 fully saturated rings. The normalized spacial score (nSPS) is 13.7. The van der Waals surface area contributed by atoms with Crippen molar-refractivity contribution in [3.05, 3.63) is 69.4 Å². The van der Waals surface area contributed by atoms with Gasteiger partial charge in [0, 0.05) is 43.3 Å². The van der Waals surface area contributed by atoms with Crippen molar-refractivity contribution in [3.8, 4) is 0 Å². The highest BCUT2D eigenvalue weighted by Gasteiger charge is 2.30. The summed E-state index contributed by atoms with van der Waals surface area (Å²) >= 11 is 1.45. The molecule has 0 unspecified atom stereocenters. The van der Waals surface area contributed by atoms with Crippen LogP contribution in [0.5, 0.6) is 0 Å². The van der Waals surface area contributed by atoms with E-state index in [2.05, 4.69) is 27.4 Å². The van der Waals surface area contributed by atoms with Crippen LogP contribution < -0.4 is 5.32 Å². The van der Waals surface area contributed by atoms with E-state index in [0.29, 0.717) is 16.3 Å². The van der Waals surface area contributed by atoms with Gasteiger partial charge in [0.2, 0.25) is 0 Å². The van der Waals surface area contributed by atoms with Crippen molar-refractivity contribution in [2.24, 2.45) is 7.05 Å². The van der Waals surface area contributed by atoms with E-state index in [0.717, 1.165) is 42.1 Å². The molecule has 7 nitrogen and oxygen atoms in total. The Labute approximate surface area is 179 Å². The second kappa shape index (κ2) is 8.41. The minimum absolute atomic E-state index is 0.321.